The molecular formula is C12H12ClF3O3S. The van der Waals surface area contributed by atoms with Gasteiger partial charge in [-0.15, -0.1) is 0 Å². The molecule has 0 aliphatic rings. The van der Waals surface area contributed by atoms with E-state index in [-0.39, 0.29) is 16.7 Å². The summed E-state index contributed by atoms with van der Waals surface area (Å²) in [6.45, 7) is 3.85. The van der Waals surface area contributed by atoms with Crippen molar-refractivity contribution in [1.29, 1.82) is 0 Å². The minimum Gasteiger partial charge on any atom is -0.305 e. The molecule has 3 nitrogen and oxygen atoms in total. The quantitative estimate of drug-likeness (QED) is 0.677. The Balaban J connectivity index is 3.73. The number of alkyl halides is 3. The molecule has 0 amide bonds. The third-order valence-electron chi connectivity index (χ3n) is 2.97. The lowest BCUT2D eigenvalue weighted by Gasteiger charge is -2.26. The van der Waals surface area contributed by atoms with Gasteiger partial charge in [-0.05, 0) is 49.6 Å². The second-order valence-corrected chi connectivity index (χ2v) is 6.61. The van der Waals surface area contributed by atoms with Crippen LogP contribution in [0.25, 0.3) is 0 Å². The Morgan fingerprint density at radius 2 is 1.75 bits per heavy atom. The van der Waals surface area contributed by atoms with Crippen LogP contribution in [0, 0.1) is 6.92 Å². The zero-order chi connectivity index (χ0) is 15.9. The molecule has 0 heterocycles. The van der Waals surface area contributed by atoms with Crippen molar-refractivity contribution < 1.29 is 26.7 Å². The predicted molar refractivity (Wildman–Crippen MR) is 70.2 cm³/mol. The van der Waals surface area contributed by atoms with E-state index >= 15 is 0 Å². The van der Waals surface area contributed by atoms with Gasteiger partial charge in [0.2, 0.25) is 0 Å². The third kappa shape index (κ3) is 3.21. The zero-order valence-corrected chi connectivity index (χ0v) is 12.4. The fraction of sp³-hybridized carbons (Fsp3) is 0.417. The molecule has 112 valence electrons. The summed E-state index contributed by atoms with van der Waals surface area (Å²) in [6, 6.07) is 1.70. The molecule has 0 spiro atoms. The fourth-order valence-electron chi connectivity index (χ4n) is 1.75. The molecule has 1 rings (SSSR count). The maximum absolute atomic E-state index is 13.1. The second kappa shape index (κ2) is 5.46. The normalized spacial score (nSPS) is 14.2. The average Bonchev–Trinajstić information content (AvgIpc) is 2.26. The van der Waals surface area contributed by atoms with Gasteiger partial charge in [0, 0.05) is 5.56 Å². The number of aryl methyl sites for hydroxylation is 1. The average molecular weight is 329 g/mol. The van der Waals surface area contributed by atoms with Crippen molar-refractivity contribution in [2.45, 2.75) is 31.7 Å². The lowest BCUT2D eigenvalue weighted by Crippen LogP contribution is -2.28. The standard InChI is InChI=1S/C12H12ClF3O3S/c1-6-4-8(11(2,3)20(18)19)9(12(14,15)16)5-7(6)10(13)17/h4-5H,1-3H3,(H,18,19). The second-order valence-electron chi connectivity index (χ2n) is 4.74. The highest BCUT2D eigenvalue weighted by Crippen LogP contribution is 2.40. The fourth-order valence-corrected chi connectivity index (χ4v) is 2.31. The van der Waals surface area contributed by atoms with E-state index in [9.17, 15) is 26.7 Å². The summed E-state index contributed by atoms with van der Waals surface area (Å²) in [5, 5.41) is -1.01. The van der Waals surface area contributed by atoms with Crippen LogP contribution < -0.4 is 0 Å². The summed E-state index contributed by atoms with van der Waals surface area (Å²) < 4.78 is 58.1. The number of halogens is 4. The lowest BCUT2D eigenvalue weighted by molar-refractivity contribution is -0.138. The molecule has 1 N–H and O–H groups in total. The summed E-state index contributed by atoms with van der Waals surface area (Å²) >= 11 is 2.73. The van der Waals surface area contributed by atoms with Gasteiger partial charge in [0.05, 0.1) is 10.3 Å². The van der Waals surface area contributed by atoms with Gasteiger partial charge in [0.25, 0.3) is 5.24 Å². The first-order chi connectivity index (χ1) is 8.89. The molecular weight excluding hydrogens is 317 g/mol. The van der Waals surface area contributed by atoms with E-state index in [0.29, 0.717) is 6.07 Å². The molecule has 20 heavy (non-hydrogen) atoms. The molecule has 0 saturated carbocycles. The van der Waals surface area contributed by atoms with Crippen LogP contribution in [-0.4, -0.2) is 14.0 Å². The van der Waals surface area contributed by atoms with Crippen molar-refractivity contribution in [3.8, 4) is 0 Å². The van der Waals surface area contributed by atoms with Gasteiger partial charge in [-0.3, -0.25) is 4.79 Å². The number of benzene rings is 1. The Morgan fingerprint density at radius 1 is 1.25 bits per heavy atom. The van der Waals surface area contributed by atoms with Crippen LogP contribution in [0.1, 0.15) is 40.9 Å². The summed E-state index contributed by atoms with van der Waals surface area (Å²) in [5.74, 6) is 0. The molecule has 1 unspecified atom stereocenters. The van der Waals surface area contributed by atoms with Gasteiger partial charge in [-0.25, -0.2) is 4.21 Å². The lowest BCUT2D eigenvalue weighted by atomic mass is 9.91. The van der Waals surface area contributed by atoms with Crippen LogP contribution in [0.5, 0.6) is 0 Å². The van der Waals surface area contributed by atoms with Crippen molar-refractivity contribution in [1.82, 2.24) is 0 Å². The number of hydrogen-bond acceptors (Lipinski definition) is 2. The van der Waals surface area contributed by atoms with Gasteiger partial charge in [0.1, 0.15) is 0 Å². The summed E-state index contributed by atoms with van der Waals surface area (Å²) in [5.41, 5.74) is -1.56. The monoisotopic (exact) mass is 328 g/mol. The number of rotatable bonds is 3. The van der Waals surface area contributed by atoms with Crippen molar-refractivity contribution in [3.05, 3.63) is 34.4 Å². The van der Waals surface area contributed by atoms with E-state index in [0.717, 1.165) is 6.07 Å². The Hall–Kier alpha value is -0.920. The largest absolute Gasteiger partial charge is 0.416 e. The Kier molecular flexibility index (Phi) is 4.68. The predicted octanol–water partition coefficient (Wildman–Crippen LogP) is 3.85. The van der Waals surface area contributed by atoms with Gasteiger partial charge in [-0.2, -0.15) is 13.2 Å². The van der Waals surface area contributed by atoms with Crippen molar-refractivity contribution in [2.75, 3.05) is 0 Å². The van der Waals surface area contributed by atoms with Crippen molar-refractivity contribution in [3.63, 3.8) is 0 Å². The smallest absolute Gasteiger partial charge is 0.305 e. The molecule has 8 heteroatoms. The molecule has 0 bridgehead atoms. The van der Waals surface area contributed by atoms with Gasteiger partial charge in [-0.1, -0.05) is 6.07 Å². The highest BCUT2D eigenvalue weighted by Gasteiger charge is 2.41. The van der Waals surface area contributed by atoms with Crippen LogP contribution in [-0.2, 0) is 22.0 Å². The minimum absolute atomic E-state index is 0.214. The Morgan fingerprint density at radius 3 is 2.10 bits per heavy atom. The molecule has 0 aliphatic heterocycles. The molecule has 1 atom stereocenters. The van der Waals surface area contributed by atoms with E-state index in [2.05, 4.69) is 0 Å². The number of hydrogen-bond donors (Lipinski definition) is 1. The summed E-state index contributed by atoms with van der Waals surface area (Å²) in [7, 11) is 0. The maximum atomic E-state index is 13.1. The van der Waals surface area contributed by atoms with Crippen LogP contribution in [0.4, 0.5) is 13.2 Å². The zero-order valence-electron chi connectivity index (χ0n) is 10.8. The van der Waals surface area contributed by atoms with Gasteiger partial charge < -0.3 is 4.55 Å². The molecule has 0 aromatic heterocycles. The molecule has 0 radical (unpaired) electrons. The third-order valence-corrected chi connectivity index (χ3v) is 4.26. The molecule has 1 aromatic rings. The van der Waals surface area contributed by atoms with E-state index in [1.807, 2.05) is 0 Å². The van der Waals surface area contributed by atoms with E-state index in [1.54, 1.807) is 0 Å². The highest BCUT2D eigenvalue weighted by atomic mass is 35.5. The van der Waals surface area contributed by atoms with Crippen LogP contribution >= 0.6 is 11.6 Å². The topological polar surface area (TPSA) is 54.4 Å². The Bertz CT molecular complexity index is 582. The molecule has 0 fully saturated rings. The first-order valence-electron chi connectivity index (χ1n) is 5.42. The number of carbonyl (C=O) groups excluding carboxylic acids is 1. The van der Waals surface area contributed by atoms with E-state index < -0.39 is 32.8 Å². The van der Waals surface area contributed by atoms with Gasteiger partial charge >= 0.3 is 6.18 Å². The molecule has 0 aliphatic carbocycles. The number of carbonyl (C=O) groups is 1. The highest BCUT2D eigenvalue weighted by molar-refractivity contribution is 7.80. The van der Waals surface area contributed by atoms with Crippen molar-refractivity contribution in [2.24, 2.45) is 0 Å². The molecule has 1 aromatic carbocycles. The first-order valence-corrected chi connectivity index (χ1v) is 6.90. The Labute approximate surface area is 121 Å². The van der Waals surface area contributed by atoms with Crippen LogP contribution in [0.2, 0.25) is 0 Å². The summed E-state index contributed by atoms with van der Waals surface area (Å²) in [6.07, 6.45) is -4.76. The summed E-state index contributed by atoms with van der Waals surface area (Å²) in [4.78, 5) is 11.1. The van der Waals surface area contributed by atoms with E-state index in [1.165, 1.54) is 20.8 Å². The SMILES string of the molecule is Cc1cc(C(C)(C)S(=O)O)c(C(F)(F)F)cc1C(=O)Cl. The van der Waals surface area contributed by atoms with E-state index in [4.69, 9.17) is 11.6 Å². The van der Waals surface area contributed by atoms with Crippen LogP contribution in [0.3, 0.4) is 0 Å². The maximum Gasteiger partial charge on any atom is 0.416 e. The van der Waals surface area contributed by atoms with Gasteiger partial charge in [0.15, 0.2) is 11.1 Å². The minimum atomic E-state index is -4.76. The first kappa shape index (κ1) is 17.1. The van der Waals surface area contributed by atoms with Crippen molar-refractivity contribution >= 4 is 27.9 Å². The van der Waals surface area contributed by atoms with Crippen LogP contribution in [0.15, 0.2) is 12.1 Å². The molecule has 0 saturated heterocycles.